The number of azide groups is 1. The number of hydrogen-bond donors (Lipinski definition) is 7. The fraction of sp³-hybridized carbons (Fsp3) is 0.696. The van der Waals surface area contributed by atoms with Crippen molar-refractivity contribution in [1.29, 1.82) is 0 Å². The van der Waals surface area contributed by atoms with Crippen LogP contribution in [0, 0.1) is 11.8 Å². The van der Waals surface area contributed by atoms with Gasteiger partial charge in [-0.25, -0.2) is 18.5 Å². The van der Waals surface area contributed by atoms with Gasteiger partial charge in [0, 0.05) is 35.5 Å². The van der Waals surface area contributed by atoms with Crippen molar-refractivity contribution in [2.24, 2.45) is 5.11 Å². The molecule has 1 aromatic heterocycles. The number of nitrogen functional groups attached to an aromatic ring is 1. The predicted molar refractivity (Wildman–Crippen MR) is 182 cm³/mol. The van der Waals surface area contributed by atoms with Crippen LogP contribution in [0.25, 0.3) is 10.4 Å². The van der Waals surface area contributed by atoms with Gasteiger partial charge in [0.05, 0.1) is 24.8 Å². The van der Waals surface area contributed by atoms with Gasteiger partial charge in [0.1, 0.15) is 24.9 Å². The van der Waals surface area contributed by atoms with Crippen molar-refractivity contribution in [2.45, 2.75) is 57.0 Å². The van der Waals surface area contributed by atoms with Crippen molar-refractivity contribution >= 4 is 56.8 Å². The summed E-state index contributed by atoms with van der Waals surface area (Å²) in [5.41, 5.74) is 13.7. The van der Waals surface area contributed by atoms with Gasteiger partial charge in [-0.1, -0.05) is 51.4 Å². The SMILES string of the molecule is CNCCCCCCSSCCC(=O)NCC#Cc1cn([C@H]2C[C@@H](OCN=[N+]=[N-])[C@@H](COP(=O)(O)OP(=O)(O)OP(=O)(O)O)O2)c(=O)nc1N. The number of aromatic nitrogens is 2. The normalized spacial score (nSPS) is 19.8. The second kappa shape index (κ2) is 22.2. The Morgan fingerprint density at radius 2 is 1.90 bits per heavy atom. The van der Waals surface area contributed by atoms with Crippen molar-refractivity contribution in [2.75, 3.05) is 50.7 Å². The molecule has 2 rings (SSSR count). The summed E-state index contributed by atoms with van der Waals surface area (Å²) in [4.78, 5) is 67.6. The Morgan fingerprint density at radius 3 is 2.60 bits per heavy atom. The molecule has 1 aliphatic rings. The van der Waals surface area contributed by atoms with Crippen molar-refractivity contribution in [3.05, 3.63) is 32.7 Å². The molecule has 27 heteroatoms. The Balaban J connectivity index is 1.97. The number of amides is 1. The van der Waals surface area contributed by atoms with Crippen LogP contribution < -0.4 is 22.1 Å². The highest BCUT2D eigenvalue weighted by molar-refractivity contribution is 8.76. The number of ether oxygens (including phenoxy) is 2. The zero-order valence-electron chi connectivity index (χ0n) is 26.6. The molecule has 282 valence electrons. The van der Waals surface area contributed by atoms with E-state index in [9.17, 15) is 33.1 Å². The van der Waals surface area contributed by atoms with Gasteiger partial charge in [0.25, 0.3) is 0 Å². The number of carbonyl (C=O) groups is 1. The lowest BCUT2D eigenvalue weighted by atomic mass is 10.2. The zero-order valence-corrected chi connectivity index (χ0v) is 31.0. The van der Waals surface area contributed by atoms with Gasteiger partial charge in [-0.2, -0.15) is 13.6 Å². The topological polar surface area (TPSA) is 329 Å². The monoisotopic (exact) mass is 808 g/mol. The summed E-state index contributed by atoms with van der Waals surface area (Å²) in [6.45, 7) is -0.428. The standard InChI is InChI=1S/C23H39N8O14P3S2/c1-26-9-4-2-3-5-11-49-50-12-8-20(32)27-10-6-7-17-14-31(23(33)29-22(17)24)21-13-18(41-16-28-30-25)19(43-21)15-42-47(37,38)45-48(39,40)44-46(34,35)36/h14,18-19,21,26H,2-5,8-13,15-16H2,1H3,(H,27,32)(H,37,38)(H,39,40)(H2,24,29,33)(H2,34,35,36)/t18-,19-,21-/m1/s1. The maximum absolute atomic E-state index is 12.7. The van der Waals surface area contributed by atoms with Gasteiger partial charge >= 0.3 is 29.2 Å². The number of carbonyl (C=O) groups excluding carboxylic acids is 1. The molecule has 1 saturated heterocycles. The third kappa shape index (κ3) is 18.0. The van der Waals surface area contributed by atoms with E-state index in [-0.39, 0.29) is 30.3 Å². The third-order valence-electron chi connectivity index (χ3n) is 6.20. The molecule has 0 aromatic carbocycles. The maximum atomic E-state index is 12.7. The molecule has 1 aromatic rings. The number of nitrogens with zero attached hydrogens (tertiary/aromatic N) is 5. The highest BCUT2D eigenvalue weighted by atomic mass is 33.1. The summed E-state index contributed by atoms with van der Waals surface area (Å²) < 4.78 is 58.8. The molecule has 0 bridgehead atoms. The smallest absolute Gasteiger partial charge is 0.382 e. The van der Waals surface area contributed by atoms with Crippen LogP contribution in [0.2, 0.25) is 0 Å². The Kier molecular flexibility index (Phi) is 19.6. The molecule has 1 amide bonds. The highest BCUT2D eigenvalue weighted by Crippen LogP contribution is 2.66. The van der Waals surface area contributed by atoms with Crippen LogP contribution in [0.3, 0.4) is 0 Å². The summed E-state index contributed by atoms with van der Waals surface area (Å²) in [5, 5.41) is 9.02. The Bertz CT molecular complexity index is 1580. The van der Waals surface area contributed by atoms with Crippen molar-refractivity contribution in [3.63, 3.8) is 0 Å². The van der Waals surface area contributed by atoms with Gasteiger partial charge in [0.2, 0.25) is 5.91 Å². The Hall–Kier alpha value is -1.99. The van der Waals surface area contributed by atoms with Crippen molar-refractivity contribution in [3.8, 4) is 11.8 Å². The summed E-state index contributed by atoms with van der Waals surface area (Å²) in [6, 6.07) is 0. The molecule has 5 atom stereocenters. The molecule has 0 aliphatic carbocycles. The molecule has 22 nitrogen and oxygen atoms in total. The number of nitrogens with two attached hydrogens (primary N) is 1. The molecule has 1 aliphatic heterocycles. The summed E-state index contributed by atoms with van der Waals surface area (Å²) in [5.74, 6) is 6.71. The highest BCUT2D eigenvalue weighted by Gasteiger charge is 2.43. The largest absolute Gasteiger partial charge is 0.490 e. The number of unbranched alkanes of at least 4 members (excludes halogenated alkanes) is 3. The lowest BCUT2D eigenvalue weighted by molar-refractivity contribution is -0.120. The first-order chi connectivity index (χ1) is 23.6. The minimum absolute atomic E-state index is 0.0141. The zero-order chi connectivity index (χ0) is 37.2. The number of phosphoric acid groups is 3. The molecule has 2 unspecified atom stereocenters. The van der Waals surface area contributed by atoms with E-state index in [1.165, 1.54) is 19.0 Å². The van der Waals surface area contributed by atoms with E-state index in [0.29, 0.717) is 12.2 Å². The van der Waals surface area contributed by atoms with E-state index < -0.39 is 60.9 Å². The van der Waals surface area contributed by atoms with Crippen LogP contribution in [0.1, 0.15) is 50.3 Å². The van der Waals surface area contributed by atoms with Crippen molar-refractivity contribution < 1.29 is 60.7 Å². The van der Waals surface area contributed by atoms with Crippen LogP contribution in [0.15, 0.2) is 16.1 Å². The second-order valence-corrected chi connectivity index (χ2v) is 17.2. The minimum atomic E-state index is -5.78. The molecule has 1 fully saturated rings. The quantitative estimate of drug-likeness (QED) is 0.0158. The Morgan fingerprint density at radius 1 is 1.18 bits per heavy atom. The molecular formula is C23H39N8O14P3S2. The van der Waals surface area contributed by atoms with E-state index in [0.717, 1.165) is 29.7 Å². The first kappa shape index (κ1) is 44.2. The molecular weight excluding hydrogens is 769 g/mol. The van der Waals surface area contributed by atoms with Gasteiger partial charge in [-0.3, -0.25) is 13.9 Å². The van der Waals surface area contributed by atoms with Gasteiger partial charge in [-0.15, -0.1) is 0 Å². The van der Waals surface area contributed by atoms with Gasteiger partial charge < -0.3 is 45.4 Å². The average Bonchev–Trinajstić information content (AvgIpc) is 3.41. The number of nitrogens with one attached hydrogen (secondary N) is 2. The van der Waals surface area contributed by atoms with Gasteiger partial charge in [0.15, 0.2) is 0 Å². The minimum Gasteiger partial charge on any atom is -0.382 e. The molecule has 0 radical (unpaired) electrons. The molecule has 0 saturated carbocycles. The van der Waals surface area contributed by atoms with Crippen LogP contribution in [0.4, 0.5) is 5.82 Å². The van der Waals surface area contributed by atoms with Gasteiger partial charge in [-0.05, 0) is 32.0 Å². The third-order valence-corrected chi connectivity index (χ3v) is 12.5. The maximum Gasteiger partial charge on any atom is 0.490 e. The fourth-order valence-electron chi connectivity index (χ4n) is 4.05. The van der Waals surface area contributed by atoms with Crippen molar-refractivity contribution in [1.82, 2.24) is 20.2 Å². The molecule has 8 N–H and O–H groups in total. The number of anilines is 1. The van der Waals surface area contributed by atoms with Crippen LogP contribution in [0.5, 0.6) is 0 Å². The van der Waals surface area contributed by atoms with E-state index in [4.69, 9.17) is 30.5 Å². The van der Waals surface area contributed by atoms with E-state index in [1.54, 1.807) is 21.6 Å². The van der Waals surface area contributed by atoms with Crippen LogP contribution in [-0.2, 0) is 41.1 Å². The molecule has 2 heterocycles. The first-order valence-corrected chi connectivity index (χ1v) is 21.7. The van der Waals surface area contributed by atoms with E-state index in [1.807, 2.05) is 7.05 Å². The van der Waals surface area contributed by atoms with E-state index >= 15 is 0 Å². The lowest BCUT2D eigenvalue weighted by Gasteiger charge is -2.21. The lowest BCUT2D eigenvalue weighted by Crippen LogP contribution is -2.29. The fourth-order valence-corrected chi connectivity index (χ4v) is 9.21. The van der Waals surface area contributed by atoms with Crippen LogP contribution >= 0.6 is 45.1 Å². The summed E-state index contributed by atoms with van der Waals surface area (Å²) >= 11 is 0. The average molecular weight is 809 g/mol. The van der Waals surface area contributed by atoms with Crippen LogP contribution in [-0.4, -0.2) is 92.2 Å². The second-order valence-electron chi connectivity index (χ2n) is 10.0. The predicted octanol–water partition coefficient (Wildman–Crippen LogP) is 2.13. The number of phosphoric ester groups is 1. The summed E-state index contributed by atoms with van der Waals surface area (Å²) in [7, 11) is -11.6. The number of hydrogen-bond acceptors (Lipinski definition) is 16. The Labute approximate surface area is 294 Å². The first-order valence-electron chi connectivity index (χ1n) is 14.7. The molecule has 50 heavy (non-hydrogen) atoms. The molecule has 0 spiro atoms. The summed E-state index contributed by atoms with van der Waals surface area (Å²) in [6.07, 6.45) is 2.49. The van der Waals surface area contributed by atoms with E-state index in [2.05, 4.69) is 50.6 Å². The number of rotatable bonds is 23.